The molecule has 0 aliphatic heterocycles. The first-order chi connectivity index (χ1) is 15.0. The van der Waals surface area contributed by atoms with Crippen LogP contribution in [-0.4, -0.2) is 33.2 Å². The topological polar surface area (TPSA) is 96.9 Å². The summed E-state index contributed by atoms with van der Waals surface area (Å²) in [6, 6.07) is 11.8. The van der Waals surface area contributed by atoms with E-state index < -0.39 is 0 Å². The van der Waals surface area contributed by atoms with Gasteiger partial charge in [-0.25, -0.2) is 9.97 Å². The van der Waals surface area contributed by atoms with Crippen molar-refractivity contribution in [1.29, 1.82) is 0 Å². The quantitative estimate of drug-likeness (QED) is 0.515. The molecule has 31 heavy (non-hydrogen) atoms. The molecule has 0 atom stereocenters. The second kappa shape index (κ2) is 10.5. The highest BCUT2D eigenvalue weighted by Gasteiger charge is 2.15. The molecule has 2 aromatic heterocycles. The summed E-state index contributed by atoms with van der Waals surface area (Å²) >= 11 is 0. The Morgan fingerprint density at radius 3 is 2.58 bits per heavy atom. The van der Waals surface area contributed by atoms with Crippen LogP contribution in [0, 0.1) is 6.92 Å². The van der Waals surface area contributed by atoms with E-state index in [1.54, 1.807) is 13.1 Å². The van der Waals surface area contributed by atoms with Gasteiger partial charge >= 0.3 is 0 Å². The van der Waals surface area contributed by atoms with Gasteiger partial charge in [-0.3, -0.25) is 14.6 Å². The smallest absolute Gasteiger partial charge is 0.238 e. The minimum absolute atomic E-state index is 0.0817. The van der Waals surface area contributed by atoms with Gasteiger partial charge in [-0.15, -0.1) is 0 Å². The molecule has 0 fully saturated rings. The fourth-order valence-corrected chi connectivity index (χ4v) is 3.18. The zero-order valence-electron chi connectivity index (χ0n) is 18.1. The predicted octanol–water partition coefficient (Wildman–Crippen LogP) is 3.73. The highest BCUT2D eigenvalue weighted by molar-refractivity contribution is 6.04. The van der Waals surface area contributed by atoms with E-state index in [2.05, 4.69) is 44.6 Å². The fraction of sp³-hybridized carbons (Fsp3) is 0.292. The predicted molar refractivity (Wildman–Crippen MR) is 121 cm³/mol. The molecule has 0 spiro atoms. The Kier molecular flexibility index (Phi) is 7.56. The van der Waals surface area contributed by atoms with Crippen molar-refractivity contribution in [3.05, 3.63) is 71.6 Å². The summed E-state index contributed by atoms with van der Waals surface area (Å²) in [6.45, 7) is 6.29. The van der Waals surface area contributed by atoms with E-state index in [0.29, 0.717) is 18.7 Å². The van der Waals surface area contributed by atoms with E-state index in [0.717, 1.165) is 28.9 Å². The Labute approximate surface area is 182 Å². The summed E-state index contributed by atoms with van der Waals surface area (Å²) < 4.78 is 0. The average molecular weight is 418 g/mol. The first-order valence-corrected chi connectivity index (χ1v) is 10.4. The van der Waals surface area contributed by atoms with Crippen molar-refractivity contribution in [2.24, 2.45) is 0 Å². The third-order valence-electron chi connectivity index (χ3n) is 4.87. The third kappa shape index (κ3) is 6.02. The van der Waals surface area contributed by atoms with Crippen LogP contribution in [-0.2, 0) is 17.8 Å². The lowest BCUT2D eigenvalue weighted by Gasteiger charge is -2.12. The largest absolute Gasteiger partial charge is 0.323 e. The molecule has 0 radical (unpaired) electrons. The number of aryl methyl sites for hydroxylation is 2. The van der Waals surface area contributed by atoms with E-state index in [4.69, 9.17) is 0 Å². The zero-order chi connectivity index (χ0) is 22.2. The molecule has 1 aromatic carbocycles. The molecule has 2 heterocycles. The summed E-state index contributed by atoms with van der Waals surface area (Å²) in [7, 11) is 0. The van der Waals surface area contributed by atoms with Gasteiger partial charge < -0.3 is 10.6 Å². The number of rotatable bonds is 9. The second-order valence-electron chi connectivity index (χ2n) is 7.25. The van der Waals surface area contributed by atoms with Crippen LogP contribution in [0.1, 0.15) is 47.7 Å². The number of anilines is 1. The van der Waals surface area contributed by atoms with Crippen molar-refractivity contribution in [3.8, 4) is 11.1 Å². The Balaban J connectivity index is 1.75. The van der Waals surface area contributed by atoms with Crippen LogP contribution in [0.2, 0.25) is 0 Å². The first kappa shape index (κ1) is 22.2. The third-order valence-corrected chi connectivity index (χ3v) is 4.87. The Morgan fingerprint density at radius 1 is 1.00 bits per heavy atom. The van der Waals surface area contributed by atoms with Gasteiger partial charge in [0.15, 0.2) is 5.78 Å². The maximum absolute atomic E-state index is 12.5. The maximum atomic E-state index is 12.5. The lowest BCUT2D eigenvalue weighted by atomic mass is 10.0. The van der Waals surface area contributed by atoms with Crippen LogP contribution in [0.15, 0.2) is 48.9 Å². The molecule has 2 N–H and O–H groups in total. The minimum Gasteiger partial charge on any atom is -0.323 e. The summed E-state index contributed by atoms with van der Waals surface area (Å²) in [4.78, 5) is 37.5. The molecule has 0 unspecified atom stereocenters. The van der Waals surface area contributed by atoms with Gasteiger partial charge in [0, 0.05) is 30.4 Å². The number of Topliss-reactive ketones (excluding diaryl/α,β-unsaturated/α-hetero) is 1. The summed E-state index contributed by atoms with van der Waals surface area (Å²) in [5.41, 5.74) is 5.43. The normalized spacial score (nSPS) is 10.7. The molecular formula is C24H27N5O2. The van der Waals surface area contributed by atoms with Crippen molar-refractivity contribution in [3.63, 3.8) is 0 Å². The fourth-order valence-electron chi connectivity index (χ4n) is 3.18. The number of amides is 1. The molecule has 0 bridgehead atoms. The lowest BCUT2D eigenvalue weighted by molar-refractivity contribution is -0.115. The van der Waals surface area contributed by atoms with Crippen molar-refractivity contribution >= 4 is 17.4 Å². The highest BCUT2D eigenvalue weighted by Crippen LogP contribution is 2.26. The highest BCUT2D eigenvalue weighted by atomic mass is 16.2. The zero-order valence-corrected chi connectivity index (χ0v) is 18.1. The Bertz CT molecular complexity index is 1080. The summed E-state index contributed by atoms with van der Waals surface area (Å²) in [6.07, 6.45) is 4.42. The van der Waals surface area contributed by atoms with Crippen LogP contribution in [0.25, 0.3) is 11.1 Å². The van der Waals surface area contributed by atoms with Crippen LogP contribution in [0.4, 0.5) is 5.69 Å². The van der Waals surface area contributed by atoms with Crippen LogP contribution < -0.4 is 10.6 Å². The van der Waals surface area contributed by atoms with E-state index in [-0.39, 0.29) is 23.9 Å². The number of ketones is 1. The molecule has 160 valence electrons. The van der Waals surface area contributed by atoms with Crippen LogP contribution in [0.5, 0.6) is 0 Å². The number of benzene rings is 1. The van der Waals surface area contributed by atoms with Crippen molar-refractivity contribution < 1.29 is 9.59 Å². The Morgan fingerprint density at radius 2 is 1.84 bits per heavy atom. The molecule has 3 aromatic rings. The van der Waals surface area contributed by atoms with Gasteiger partial charge in [-0.1, -0.05) is 38.1 Å². The standard InChI is InChI=1S/C24H27N5O2/c1-4-17-7-6-8-18(10-17)19-11-21(24(26-12-19)22(30)5-2)29-23(31)14-25-13-20-9-16(3)27-15-28-20/h6-12,15,25H,4-5,13-14H2,1-3H3,(H,29,31). The van der Waals surface area contributed by atoms with E-state index >= 15 is 0 Å². The summed E-state index contributed by atoms with van der Waals surface area (Å²) in [5.74, 6) is -0.370. The number of nitrogens with one attached hydrogen (secondary N) is 2. The second-order valence-corrected chi connectivity index (χ2v) is 7.25. The molecule has 0 aliphatic rings. The van der Waals surface area contributed by atoms with Gasteiger partial charge in [0.1, 0.15) is 12.0 Å². The number of carbonyl (C=O) groups excluding carboxylic acids is 2. The average Bonchev–Trinajstić information content (AvgIpc) is 2.78. The SMILES string of the molecule is CCC(=O)c1ncc(-c2cccc(CC)c2)cc1NC(=O)CNCc1cc(C)ncn1. The lowest BCUT2D eigenvalue weighted by Crippen LogP contribution is -2.28. The van der Waals surface area contributed by atoms with Gasteiger partial charge in [0.05, 0.1) is 17.9 Å². The van der Waals surface area contributed by atoms with Crippen LogP contribution >= 0.6 is 0 Å². The maximum Gasteiger partial charge on any atom is 0.238 e. The minimum atomic E-state index is -0.253. The monoisotopic (exact) mass is 417 g/mol. The van der Waals surface area contributed by atoms with Crippen molar-refractivity contribution in [2.75, 3.05) is 11.9 Å². The molecule has 7 nitrogen and oxygen atoms in total. The number of hydrogen-bond acceptors (Lipinski definition) is 6. The molecule has 0 aliphatic carbocycles. The van der Waals surface area contributed by atoms with Gasteiger partial charge in [-0.2, -0.15) is 0 Å². The van der Waals surface area contributed by atoms with Gasteiger partial charge in [-0.05, 0) is 36.6 Å². The van der Waals surface area contributed by atoms with Crippen molar-refractivity contribution in [1.82, 2.24) is 20.3 Å². The molecule has 0 saturated heterocycles. The van der Waals surface area contributed by atoms with Crippen LogP contribution in [0.3, 0.4) is 0 Å². The van der Waals surface area contributed by atoms with Gasteiger partial charge in [0.2, 0.25) is 5.91 Å². The molecule has 3 rings (SSSR count). The molecule has 7 heteroatoms. The molecule has 1 amide bonds. The summed E-state index contributed by atoms with van der Waals surface area (Å²) in [5, 5.41) is 5.91. The van der Waals surface area contributed by atoms with E-state index in [9.17, 15) is 9.59 Å². The van der Waals surface area contributed by atoms with Gasteiger partial charge in [0.25, 0.3) is 0 Å². The van der Waals surface area contributed by atoms with E-state index in [1.807, 2.05) is 31.2 Å². The number of pyridine rings is 1. The number of aromatic nitrogens is 3. The molecular weight excluding hydrogens is 390 g/mol. The molecule has 0 saturated carbocycles. The number of carbonyl (C=O) groups is 2. The van der Waals surface area contributed by atoms with Crippen molar-refractivity contribution in [2.45, 2.75) is 40.2 Å². The Hall–Kier alpha value is -3.45. The number of hydrogen-bond donors (Lipinski definition) is 2. The van der Waals surface area contributed by atoms with E-state index in [1.165, 1.54) is 11.9 Å². The first-order valence-electron chi connectivity index (χ1n) is 10.4. The number of nitrogens with zero attached hydrogens (tertiary/aromatic N) is 3.